The molecule has 1 amide bonds. The highest BCUT2D eigenvalue weighted by Crippen LogP contribution is 2.43. The van der Waals surface area contributed by atoms with Gasteiger partial charge in [0.15, 0.2) is 12.6 Å². The summed E-state index contributed by atoms with van der Waals surface area (Å²) in [5, 5.41) is 64.3. The van der Waals surface area contributed by atoms with Crippen molar-refractivity contribution in [3.63, 3.8) is 0 Å². The van der Waals surface area contributed by atoms with Crippen LogP contribution in [0.4, 0.5) is 0 Å². The van der Waals surface area contributed by atoms with Crippen LogP contribution in [0.5, 0.6) is 0 Å². The molecule has 5 aliphatic rings. The molecule has 14 atom stereocenters. The predicted octanol–water partition coefficient (Wildman–Crippen LogP) is 3.75. The minimum atomic E-state index is -1.37. The molecule has 8 rings (SSSR count). The summed E-state index contributed by atoms with van der Waals surface area (Å²) < 4.78 is 24.8. The van der Waals surface area contributed by atoms with Gasteiger partial charge in [-0.25, -0.2) is 9.78 Å². The van der Waals surface area contributed by atoms with Crippen molar-refractivity contribution in [3.05, 3.63) is 75.4 Å². The normalized spacial score (nSPS) is 30.8. The van der Waals surface area contributed by atoms with Crippen LogP contribution >= 0.6 is 0 Å². The second-order valence-corrected chi connectivity index (χ2v) is 21.3. The number of aryl methyl sites for hydroxylation is 2. The average Bonchev–Trinajstić information content (AvgIpc) is 4.06. The van der Waals surface area contributed by atoms with E-state index in [9.17, 15) is 39.9 Å². The lowest BCUT2D eigenvalue weighted by Crippen LogP contribution is -2.69. The van der Waals surface area contributed by atoms with Gasteiger partial charge in [0.05, 0.1) is 59.4 Å². The van der Waals surface area contributed by atoms with Crippen molar-refractivity contribution < 1.29 is 58.9 Å². The summed E-state index contributed by atoms with van der Waals surface area (Å²) >= 11 is 0. The number of carboxylic acid groups (broad SMARTS) is 2. The summed E-state index contributed by atoms with van der Waals surface area (Å²) in [6.45, 7) is 17.8. The van der Waals surface area contributed by atoms with Gasteiger partial charge in [-0.05, 0) is 114 Å². The summed E-state index contributed by atoms with van der Waals surface area (Å²) in [5.74, 6) is -3.56. The summed E-state index contributed by atoms with van der Waals surface area (Å²) in [4.78, 5) is 56.9. The molecule has 3 aromatic heterocycles. The van der Waals surface area contributed by atoms with Crippen molar-refractivity contribution in [1.29, 1.82) is 0 Å². The quantitative estimate of drug-likeness (QED) is 0.0916. The average molecular weight is 1060 g/mol. The molecule has 8 bridgehead atoms. The number of amides is 1. The van der Waals surface area contributed by atoms with E-state index in [-0.39, 0.29) is 54.5 Å². The van der Waals surface area contributed by atoms with E-state index in [0.717, 1.165) is 39.0 Å². The van der Waals surface area contributed by atoms with E-state index in [2.05, 4.69) is 32.5 Å². The molecular weight excluding hydrogens is 979 g/mol. The van der Waals surface area contributed by atoms with Gasteiger partial charge < -0.3 is 81.9 Å². The lowest BCUT2D eigenvalue weighted by Gasteiger charge is -2.49. The Morgan fingerprint density at radius 1 is 0.947 bits per heavy atom. The maximum atomic E-state index is 13.9. The first-order valence-corrected chi connectivity index (χ1v) is 26.5. The van der Waals surface area contributed by atoms with Gasteiger partial charge in [-0.2, -0.15) is 0 Å². The molecule has 7 heterocycles. The summed E-state index contributed by atoms with van der Waals surface area (Å²) in [5.41, 5.74) is 20.8. The van der Waals surface area contributed by atoms with E-state index in [1.165, 1.54) is 0 Å². The van der Waals surface area contributed by atoms with Gasteiger partial charge in [0.2, 0.25) is 5.91 Å². The van der Waals surface area contributed by atoms with Gasteiger partial charge in [-0.15, -0.1) is 0 Å². The van der Waals surface area contributed by atoms with E-state index < -0.39 is 97.1 Å². The summed E-state index contributed by atoms with van der Waals surface area (Å²) in [7, 11) is 1.62. The molecule has 1 aliphatic carbocycles. The molecule has 0 spiro atoms. The molecule has 3 aromatic rings. The number of aromatic carboxylic acids is 1. The number of carboxylic acids is 2. The number of nitrogens with one attached hydrogen (secondary N) is 5. The summed E-state index contributed by atoms with van der Waals surface area (Å²) in [6.07, 6.45) is -3.80. The molecule has 414 valence electrons. The van der Waals surface area contributed by atoms with Crippen LogP contribution in [0, 0.1) is 13.8 Å². The molecule has 4 aliphatic heterocycles. The van der Waals surface area contributed by atoms with Gasteiger partial charge in [0.1, 0.15) is 30.0 Å². The second kappa shape index (κ2) is 23.3. The molecule has 1 saturated carbocycles. The van der Waals surface area contributed by atoms with Crippen molar-refractivity contribution in [1.82, 2.24) is 35.9 Å². The highest BCUT2D eigenvalue weighted by atomic mass is 16.7. The highest BCUT2D eigenvalue weighted by molar-refractivity contribution is 6.03. The van der Waals surface area contributed by atoms with Crippen LogP contribution in [0.1, 0.15) is 140 Å². The third-order valence-electron chi connectivity index (χ3n) is 16.2. The minimum Gasteiger partial charge on any atom is -0.481 e. The zero-order chi connectivity index (χ0) is 55.1. The molecule has 76 heavy (non-hydrogen) atoms. The molecular formula is C55H77N9O12. The monoisotopic (exact) mass is 1060 g/mol. The standard InChI is InChI=1S/C55H77N9O12/c1-10-29-24(4)35-19-37-26(6)31(45(63-37)32(17-43(66)67)46-44(52(70)71)27(7)38(64-46)21-40-30(11-2)25(5)36(62-40)20-39(29)61-35)14-16-42(65)60-22-28-13-15-33(56)53(74-28)75-49-34(57)18-41(59-12-3)50(47(49)68)76-54-48(69)51(58-9)55(8,72)23-73-54/h10,19-21,26,28,31,33-34,41,47-51,53-54,58-59,61,64,68-69,72H,1,11-18,22-23,56-57H2,2-9H3,(H,60,65)(H,66,67)(H,70,71)/t26-,28?,31-,33?,34-,41?,47?,48+,49?,50-,51?,53+,54+,55-/m0/s1. The van der Waals surface area contributed by atoms with Gasteiger partial charge in [-0.1, -0.05) is 33.4 Å². The number of rotatable bonds is 17. The number of H-pyrrole nitrogens is 2. The fourth-order valence-electron chi connectivity index (χ4n) is 11.9. The van der Waals surface area contributed by atoms with Gasteiger partial charge in [0, 0.05) is 70.3 Å². The first kappa shape index (κ1) is 56.8. The van der Waals surface area contributed by atoms with Crippen LogP contribution in [0.3, 0.4) is 0 Å². The van der Waals surface area contributed by atoms with E-state index >= 15 is 0 Å². The Morgan fingerprint density at radius 2 is 1.66 bits per heavy atom. The lowest BCUT2D eigenvalue weighted by atomic mass is 9.83. The Morgan fingerprint density at radius 3 is 2.33 bits per heavy atom. The smallest absolute Gasteiger partial charge is 0.338 e. The number of carbonyl (C=O) groups excluding carboxylic acids is 1. The zero-order valence-corrected chi connectivity index (χ0v) is 44.7. The van der Waals surface area contributed by atoms with Crippen LogP contribution < -0.4 is 27.4 Å². The number of allylic oxidation sites excluding steroid dienone is 2. The van der Waals surface area contributed by atoms with Crippen molar-refractivity contribution in [2.45, 2.75) is 178 Å². The Hall–Kier alpha value is -5.43. The number of aliphatic hydroxyl groups excluding tert-OH is 2. The maximum Gasteiger partial charge on any atom is 0.338 e. The van der Waals surface area contributed by atoms with Crippen LogP contribution in [0.2, 0.25) is 0 Å². The van der Waals surface area contributed by atoms with E-state index in [4.69, 9.17) is 40.4 Å². The first-order valence-electron chi connectivity index (χ1n) is 26.5. The number of aliphatic hydroxyl groups is 3. The van der Waals surface area contributed by atoms with Crippen molar-refractivity contribution >= 4 is 57.1 Å². The zero-order valence-electron chi connectivity index (χ0n) is 44.7. The Kier molecular flexibility index (Phi) is 17.4. The molecule has 0 radical (unpaired) electrons. The lowest BCUT2D eigenvalue weighted by molar-refractivity contribution is -0.308. The Bertz CT molecular complexity index is 2900. The molecule has 6 unspecified atom stereocenters. The molecule has 21 nitrogen and oxygen atoms in total. The maximum absolute atomic E-state index is 13.9. The van der Waals surface area contributed by atoms with Gasteiger partial charge in [0.25, 0.3) is 0 Å². The van der Waals surface area contributed by atoms with Crippen LogP contribution in [0.15, 0.2) is 24.8 Å². The Labute approximate surface area is 442 Å². The number of ether oxygens (including phenoxy) is 4. The number of carbonyl (C=O) groups is 3. The number of fused-ring (bicyclic) bond motifs is 8. The summed E-state index contributed by atoms with van der Waals surface area (Å²) in [6, 6.07) is 3.26. The van der Waals surface area contributed by atoms with E-state index in [1.54, 1.807) is 27.0 Å². The van der Waals surface area contributed by atoms with Crippen molar-refractivity contribution in [2.75, 3.05) is 26.7 Å². The third-order valence-corrected chi connectivity index (χ3v) is 16.2. The van der Waals surface area contributed by atoms with Crippen LogP contribution in [0.25, 0.3) is 39.3 Å². The number of aromatic nitrogens is 4. The molecule has 0 aromatic carbocycles. The van der Waals surface area contributed by atoms with Gasteiger partial charge in [-0.3, -0.25) is 14.6 Å². The second-order valence-electron chi connectivity index (χ2n) is 21.3. The van der Waals surface area contributed by atoms with E-state index in [0.29, 0.717) is 60.4 Å². The third kappa shape index (κ3) is 11.3. The molecule has 21 heteroatoms. The number of aliphatic carboxylic acids is 1. The predicted molar refractivity (Wildman–Crippen MR) is 286 cm³/mol. The largest absolute Gasteiger partial charge is 0.481 e. The number of nitrogens with zero attached hydrogens (tertiary/aromatic N) is 2. The van der Waals surface area contributed by atoms with E-state index in [1.807, 2.05) is 52.8 Å². The van der Waals surface area contributed by atoms with Crippen LogP contribution in [-0.2, 0) is 35.0 Å². The van der Waals surface area contributed by atoms with Crippen molar-refractivity contribution in [2.24, 2.45) is 11.5 Å². The molecule has 14 N–H and O–H groups in total. The number of likely N-dealkylation sites (N-methyl/N-ethyl adjacent to an activating group) is 2. The van der Waals surface area contributed by atoms with Gasteiger partial charge >= 0.3 is 11.9 Å². The van der Waals surface area contributed by atoms with Crippen LogP contribution in [-0.4, -0.2) is 163 Å². The minimum absolute atomic E-state index is 0.0110. The fourth-order valence-corrected chi connectivity index (χ4v) is 11.9. The molecule has 3 fully saturated rings. The Balaban J connectivity index is 1.04. The molecule has 2 saturated heterocycles. The highest BCUT2D eigenvalue weighted by Gasteiger charge is 2.51. The van der Waals surface area contributed by atoms with Crippen molar-refractivity contribution in [3.8, 4) is 0 Å². The SMILES string of the molecule is C=Cc1c(C)c2cc3nc(c(CC(=O)O)c4[nH]c(cc5nc(cc1[nH]2)C(C)=C5CC)c(C)c4C(=O)O)[C@@H](CCC(=O)NCC1CCC(N)[C@@H](OC2C(O)[C@@H](O[C@H]4OC[C@](C)(O)C(NC)[C@H]4O)C(NCC)C[C@@H]2N)O1)[C@@H]3C. The first-order chi connectivity index (χ1) is 36.1. The topological polar surface area (TPSA) is 335 Å². The number of aromatic amines is 2. The fraction of sp³-hybridized carbons (Fsp3) is 0.582. The number of nitrogens with two attached hydrogens (primary N) is 2. The number of hydrogen-bond donors (Lipinski definition) is 12. The number of hydrogen-bond acceptors (Lipinski definition) is 16.